The highest BCUT2D eigenvalue weighted by molar-refractivity contribution is 5.35. The third-order valence-corrected chi connectivity index (χ3v) is 4.09. The van der Waals surface area contributed by atoms with Gasteiger partial charge in [-0.1, -0.05) is 48.5 Å². The summed E-state index contributed by atoms with van der Waals surface area (Å²) in [6.45, 7) is 6.06. The Hall–Kier alpha value is -1.88. The van der Waals surface area contributed by atoms with Crippen molar-refractivity contribution in [2.24, 2.45) is 0 Å². The Morgan fingerprint density at radius 3 is 2.08 bits per heavy atom. The van der Waals surface area contributed by atoms with Crippen LogP contribution < -0.4 is 4.74 Å². The van der Waals surface area contributed by atoms with Gasteiger partial charge in [0.05, 0.1) is 0 Å². The third-order valence-electron chi connectivity index (χ3n) is 4.09. The van der Waals surface area contributed by atoms with Crippen LogP contribution in [0.15, 0.2) is 54.6 Å². The molecule has 2 rings (SSSR count). The predicted octanol–water partition coefficient (Wildman–Crippen LogP) is 4.83. The van der Waals surface area contributed by atoms with Crippen LogP contribution in [0, 0.1) is 0 Å². The first kappa shape index (κ1) is 20.4. The van der Waals surface area contributed by atoms with Gasteiger partial charge in [-0.05, 0) is 39.6 Å². The monoisotopic (exact) mass is 357 g/mol. The van der Waals surface area contributed by atoms with E-state index in [0.29, 0.717) is 13.2 Å². The van der Waals surface area contributed by atoms with E-state index in [1.165, 1.54) is 5.56 Å². The van der Waals surface area contributed by atoms with Crippen LogP contribution in [0.1, 0.15) is 43.8 Å². The van der Waals surface area contributed by atoms with Crippen molar-refractivity contribution >= 4 is 0 Å². The number of hydrogen-bond donors (Lipinski definition) is 0. The molecule has 0 aliphatic carbocycles. The number of rotatable bonds is 11. The second-order valence-corrected chi connectivity index (χ2v) is 6.39. The van der Waals surface area contributed by atoms with Gasteiger partial charge in [0.25, 0.3) is 0 Å². The van der Waals surface area contributed by atoms with Crippen LogP contribution in [-0.2, 0) is 9.47 Å². The summed E-state index contributed by atoms with van der Waals surface area (Å²) in [7, 11) is 4.16. The van der Waals surface area contributed by atoms with E-state index >= 15 is 0 Å². The first-order valence-electron chi connectivity index (χ1n) is 9.34. The van der Waals surface area contributed by atoms with E-state index in [1.54, 1.807) is 0 Å². The Morgan fingerprint density at radius 1 is 0.846 bits per heavy atom. The van der Waals surface area contributed by atoms with E-state index in [0.717, 1.165) is 24.3 Å². The second-order valence-electron chi connectivity index (χ2n) is 6.39. The normalized spacial score (nSPS) is 12.5. The Bertz CT molecular complexity index is 624. The molecule has 0 saturated heterocycles. The van der Waals surface area contributed by atoms with Gasteiger partial charge in [-0.25, -0.2) is 0 Å². The van der Waals surface area contributed by atoms with E-state index < -0.39 is 6.29 Å². The van der Waals surface area contributed by atoms with Gasteiger partial charge in [-0.15, -0.1) is 0 Å². The van der Waals surface area contributed by atoms with Crippen molar-refractivity contribution in [3.8, 4) is 5.75 Å². The van der Waals surface area contributed by atoms with E-state index in [-0.39, 0.29) is 6.10 Å². The summed E-state index contributed by atoms with van der Waals surface area (Å²) in [5, 5.41) is 0. The highest BCUT2D eigenvalue weighted by Gasteiger charge is 2.20. The molecule has 0 fully saturated rings. The van der Waals surface area contributed by atoms with Gasteiger partial charge in [0.2, 0.25) is 0 Å². The van der Waals surface area contributed by atoms with Crippen LogP contribution in [0.4, 0.5) is 0 Å². The molecular formula is C22H31NO3. The zero-order chi connectivity index (χ0) is 18.8. The van der Waals surface area contributed by atoms with Crippen molar-refractivity contribution < 1.29 is 14.2 Å². The number of para-hydroxylation sites is 1. The van der Waals surface area contributed by atoms with Gasteiger partial charge < -0.3 is 19.1 Å². The molecule has 0 spiro atoms. The lowest BCUT2D eigenvalue weighted by Crippen LogP contribution is -2.19. The van der Waals surface area contributed by atoms with Gasteiger partial charge in [0.1, 0.15) is 11.9 Å². The van der Waals surface area contributed by atoms with Crippen molar-refractivity contribution in [2.45, 2.75) is 32.7 Å². The maximum atomic E-state index is 6.47. The van der Waals surface area contributed by atoms with Gasteiger partial charge in [-0.2, -0.15) is 0 Å². The topological polar surface area (TPSA) is 30.9 Å². The zero-order valence-electron chi connectivity index (χ0n) is 16.4. The van der Waals surface area contributed by atoms with Crippen molar-refractivity contribution in [1.82, 2.24) is 4.90 Å². The molecule has 0 saturated carbocycles. The average Bonchev–Trinajstić information content (AvgIpc) is 2.66. The van der Waals surface area contributed by atoms with Crippen molar-refractivity contribution in [2.75, 3.05) is 33.9 Å². The molecule has 4 heteroatoms. The first-order valence-corrected chi connectivity index (χ1v) is 9.34. The molecule has 26 heavy (non-hydrogen) atoms. The summed E-state index contributed by atoms with van der Waals surface area (Å²) in [5.41, 5.74) is 2.11. The molecule has 0 bridgehead atoms. The Balaban J connectivity index is 2.27. The SMILES string of the molecule is CCOC(OCC)c1ccccc1OC(CCN(C)C)c1ccccc1. The molecule has 0 aliphatic heterocycles. The van der Waals surface area contributed by atoms with Crippen LogP contribution >= 0.6 is 0 Å². The van der Waals surface area contributed by atoms with E-state index in [9.17, 15) is 0 Å². The van der Waals surface area contributed by atoms with Crippen LogP contribution in [0.3, 0.4) is 0 Å². The molecular weight excluding hydrogens is 326 g/mol. The summed E-state index contributed by atoms with van der Waals surface area (Å²) in [6.07, 6.45) is 0.467. The fourth-order valence-electron chi connectivity index (χ4n) is 2.80. The Labute approximate surface area is 157 Å². The molecule has 1 unspecified atom stereocenters. The van der Waals surface area contributed by atoms with Gasteiger partial charge in [-0.3, -0.25) is 0 Å². The van der Waals surface area contributed by atoms with E-state index in [4.69, 9.17) is 14.2 Å². The minimum absolute atomic E-state index is 0.0244. The molecule has 0 aromatic heterocycles. The lowest BCUT2D eigenvalue weighted by molar-refractivity contribution is -0.141. The highest BCUT2D eigenvalue weighted by atomic mass is 16.7. The van der Waals surface area contributed by atoms with Crippen molar-refractivity contribution in [1.29, 1.82) is 0 Å². The standard InChI is InChI=1S/C22H31NO3/c1-5-24-22(25-6-2)19-14-10-11-15-21(19)26-20(16-17-23(3)4)18-12-8-7-9-13-18/h7-15,20,22H,5-6,16-17H2,1-4H3. The van der Waals surface area contributed by atoms with Gasteiger partial charge in [0.15, 0.2) is 6.29 Å². The summed E-state index contributed by atoms with van der Waals surface area (Å²) < 4.78 is 18.0. The average molecular weight is 357 g/mol. The largest absolute Gasteiger partial charge is 0.485 e. The molecule has 0 amide bonds. The second kappa shape index (κ2) is 11.0. The minimum Gasteiger partial charge on any atom is -0.485 e. The molecule has 4 nitrogen and oxygen atoms in total. The minimum atomic E-state index is -0.411. The van der Waals surface area contributed by atoms with Gasteiger partial charge in [0, 0.05) is 31.7 Å². The van der Waals surface area contributed by atoms with E-state index in [1.807, 2.05) is 44.2 Å². The Morgan fingerprint density at radius 2 is 1.46 bits per heavy atom. The molecule has 142 valence electrons. The van der Waals surface area contributed by atoms with Crippen molar-refractivity contribution in [3.63, 3.8) is 0 Å². The third kappa shape index (κ3) is 6.13. The molecule has 2 aromatic carbocycles. The number of nitrogens with zero attached hydrogens (tertiary/aromatic N) is 1. The maximum absolute atomic E-state index is 6.47. The van der Waals surface area contributed by atoms with E-state index in [2.05, 4.69) is 43.3 Å². The quantitative estimate of drug-likeness (QED) is 0.539. The summed E-state index contributed by atoms with van der Waals surface area (Å²) in [4.78, 5) is 2.17. The zero-order valence-corrected chi connectivity index (χ0v) is 16.4. The fourth-order valence-corrected chi connectivity index (χ4v) is 2.80. The van der Waals surface area contributed by atoms with Crippen molar-refractivity contribution in [3.05, 3.63) is 65.7 Å². The molecule has 0 N–H and O–H groups in total. The maximum Gasteiger partial charge on any atom is 0.187 e. The first-order chi connectivity index (χ1) is 12.7. The number of benzene rings is 2. The fraction of sp³-hybridized carbons (Fsp3) is 0.455. The van der Waals surface area contributed by atoms with Crippen LogP contribution in [0.2, 0.25) is 0 Å². The summed E-state index contributed by atoms with van der Waals surface area (Å²) in [5.74, 6) is 0.812. The number of ether oxygens (including phenoxy) is 3. The molecule has 0 aliphatic rings. The molecule has 0 heterocycles. The smallest absolute Gasteiger partial charge is 0.187 e. The van der Waals surface area contributed by atoms with Crippen LogP contribution in [0.5, 0.6) is 5.75 Å². The van der Waals surface area contributed by atoms with Gasteiger partial charge >= 0.3 is 0 Å². The lowest BCUT2D eigenvalue weighted by Gasteiger charge is -2.25. The van der Waals surface area contributed by atoms with Crippen LogP contribution in [0.25, 0.3) is 0 Å². The Kier molecular flexibility index (Phi) is 8.62. The summed E-state index contributed by atoms with van der Waals surface area (Å²) >= 11 is 0. The summed E-state index contributed by atoms with van der Waals surface area (Å²) in [6, 6.07) is 18.3. The molecule has 2 aromatic rings. The predicted molar refractivity (Wildman–Crippen MR) is 105 cm³/mol. The molecule has 1 atom stereocenters. The number of hydrogen-bond acceptors (Lipinski definition) is 4. The van der Waals surface area contributed by atoms with Crippen LogP contribution in [-0.4, -0.2) is 38.8 Å². The lowest BCUT2D eigenvalue weighted by atomic mass is 10.1. The molecule has 0 radical (unpaired) electrons. The highest BCUT2D eigenvalue weighted by Crippen LogP contribution is 2.33.